The van der Waals surface area contributed by atoms with E-state index in [1.807, 2.05) is 24.3 Å². The first-order valence-corrected chi connectivity index (χ1v) is 13.0. The van der Waals surface area contributed by atoms with E-state index >= 15 is 0 Å². The lowest BCUT2D eigenvalue weighted by Crippen LogP contribution is -2.43. The van der Waals surface area contributed by atoms with Crippen LogP contribution in [-0.2, 0) is 16.0 Å². The number of amides is 2. The number of benzene rings is 1. The highest BCUT2D eigenvalue weighted by Gasteiger charge is 2.28. The van der Waals surface area contributed by atoms with Crippen molar-refractivity contribution in [3.63, 3.8) is 0 Å². The van der Waals surface area contributed by atoms with E-state index in [-0.39, 0.29) is 36.2 Å². The maximum atomic E-state index is 12.7. The minimum absolute atomic E-state index is 0. The molecule has 7 nitrogen and oxygen atoms in total. The molecule has 0 aromatic heterocycles. The van der Waals surface area contributed by atoms with Crippen LogP contribution in [0.3, 0.4) is 0 Å². The number of nitrogens with two attached hydrogens (primary N) is 1. The Morgan fingerprint density at radius 3 is 2.29 bits per heavy atom. The molecule has 2 amide bonds. The molecule has 0 saturated heterocycles. The van der Waals surface area contributed by atoms with Gasteiger partial charge in [0.25, 0.3) is 5.91 Å². The van der Waals surface area contributed by atoms with Crippen molar-refractivity contribution in [3.05, 3.63) is 35.4 Å². The first-order valence-electron chi connectivity index (χ1n) is 13.0. The summed E-state index contributed by atoms with van der Waals surface area (Å²) < 4.78 is 0. The molecule has 5 N–H and O–H groups in total. The third-order valence-electron chi connectivity index (χ3n) is 6.78. The van der Waals surface area contributed by atoms with Crippen LogP contribution in [0.25, 0.3) is 0 Å². The molecule has 8 heteroatoms. The maximum absolute atomic E-state index is 12.7. The molecule has 0 spiro atoms. The van der Waals surface area contributed by atoms with Crippen LogP contribution in [0.5, 0.6) is 0 Å². The van der Waals surface area contributed by atoms with E-state index in [1.54, 1.807) is 0 Å². The summed E-state index contributed by atoms with van der Waals surface area (Å²) in [6, 6.07) is 7.10. The highest BCUT2D eigenvalue weighted by Crippen LogP contribution is 2.28. The van der Waals surface area contributed by atoms with Crippen LogP contribution in [-0.4, -0.2) is 41.5 Å². The minimum atomic E-state index is -0.970. The number of aryl methyl sites for hydroxylation is 1. The van der Waals surface area contributed by atoms with Crippen LogP contribution in [0.2, 0.25) is 0 Å². The number of carboxylic acid groups (broad SMARTS) is 1. The molecule has 35 heavy (non-hydrogen) atoms. The van der Waals surface area contributed by atoms with Crippen molar-refractivity contribution >= 4 is 30.2 Å². The lowest BCUT2D eigenvalue weighted by molar-refractivity contribution is -0.142. The van der Waals surface area contributed by atoms with Gasteiger partial charge in [0, 0.05) is 18.0 Å². The normalized spacial score (nSPS) is 18.2. The second kappa shape index (κ2) is 17.3. The largest absolute Gasteiger partial charge is 0.480 e. The number of aliphatic carboxylic acids is 1. The van der Waals surface area contributed by atoms with Gasteiger partial charge in [0.1, 0.15) is 6.04 Å². The number of carbonyl (C=O) groups excluding carboxylic acids is 2. The average molecular weight is 510 g/mol. The molecule has 0 bridgehead atoms. The Hall–Kier alpha value is -2.12. The molecule has 0 radical (unpaired) electrons. The van der Waals surface area contributed by atoms with E-state index in [0.717, 1.165) is 77.2 Å². The summed E-state index contributed by atoms with van der Waals surface area (Å²) >= 11 is 0. The molecule has 0 aliphatic heterocycles. The monoisotopic (exact) mass is 509 g/mol. The van der Waals surface area contributed by atoms with Crippen LogP contribution in [0.15, 0.2) is 24.3 Å². The van der Waals surface area contributed by atoms with Crippen molar-refractivity contribution in [1.29, 1.82) is 0 Å². The summed E-state index contributed by atoms with van der Waals surface area (Å²) in [5.74, 6) is -0.963. The highest BCUT2D eigenvalue weighted by atomic mass is 35.5. The molecular weight excluding hydrogens is 466 g/mol. The summed E-state index contributed by atoms with van der Waals surface area (Å²) in [5, 5.41) is 15.4. The van der Waals surface area contributed by atoms with Crippen molar-refractivity contribution in [1.82, 2.24) is 10.6 Å². The van der Waals surface area contributed by atoms with Crippen LogP contribution in [0.4, 0.5) is 0 Å². The third-order valence-corrected chi connectivity index (χ3v) is 6.78. The summed E-state index contributed by atoms with van der Waals surface area (Å²) in [5.41, 5.74) is 7.44. The van der Waals surface area contributed by atoms with Gasteiger partial charge < -0.3 is 21.5 Å². The van der Waals surface area contributed by atoms with Gasteiger partial charge in [-0.05, 0) is 87.9 Å². The Labute approximate surface area is 216 Å². The Morgan fingerprint density at radius 2 is 1.69 bits per heavy atom. The van der Waals surface area contributed by atoms with Crippen LogP contribution in [0.1, 0.15) is 99.9 Å². The molecule has 1 aliphatic carbocycles. The van der Waals surface area contributed by atoms with E-state index in [2.05, 4.69) is 17.6 Å². The molecule has 2 rings (SSSR count). The number of carboxylic acids is 1. The minimum Gasteiger partial charge on any atom is -0.480 e. The zero-order valence-corrected chi connectivity index (χ0v) is 21.9. The smallest absolute Gasteiger partial charge is 0.326 e. The number of nitrogens with one attached hydrogen (secondary N) is 2. The van der Waals surface area contributed by atoms with Crippen molar-refractivity contribution in [2.45, 2.75) is 102 Å². The molecule has 1 atom stereocenters. The molecule has 1 unspecified atom stereocenters. The fraction of sp³-hybridized carbons (Fsp3) is 0.667. The fourth-order valence-corrected chi connectivity index (χ4v) is 4.64. The molecule has 198 valence electrons. The molecule has 0 heterocycles. The molecule has 1 fully saturated rings. The number of unbranched alkanes of at least 4 members (excludes halogenated alkanes) is 4. The average Bonchev–Trinajstić information content (AvgIpc) is 2.83. The Kier molecular flexibility index (Phi) is 15.3. The van der Waals surface area contributed by atoms with Crippen molar-refractivity contribution in [2.75, 3.05) is 6.54 Å². The van der Waals surface area contributed by atoms with Crippen molar-refractivity contribution < 1.29 is 19.5 Å². The van der Waals surface area contributed by atoms with Crippen LogP contribution >= 0.6 is 12.4 Å². The lowest BCUT2D eigenvalue weighted by Gasteiger charge is -2.30. The quantitative estimate of drug-likeness (QED) is 0.257. The zero-order chi connectivity index (χ0) is 24.8. The standard InChI is InChI=1S/C27H43N3O4.ClH/c1-2-3-5-9-25(31)30-24(27(33)34)19-21-12-16-23(17-13-21)29-26(32)22-14-10-20(11-15-22)8-6-4-7-18-28;/h10-11,14-15,21,23-24H,2-9,12-13,16-19,28H2,1H3,(H,29,32)(H,30,31)(H,33,34);1H/t21-,23-,24?;. The van der Waals surface area contributed by atoms with Crippen molar-refractivity contribution in [2.24, 2.45) is 11.7 Å². The van der Waals surface area contributed by atoms with E-state index in [4.69, 9.17) is 5.73 Å². The van der Waals surface area contributed by atoms with Gasteiger partial charge in [0.2, 0.25) is 5.91 Å². The van der Waals surface area contributed by atoms with Gasteiger partial charge in [-0.1, -0.05) is 38.3 Å². The molecule has 1 aromatic rings. The Bertz CT molecular complexity index is 764. The highest BCUT2D eigenvalue weighted by molar-refractivity contribution is 5.94. The number of hydrogen-bond donors (Lipinski definition) is 4. The number of hydrogen-bond acceptors (Lipinski definition) is 4. The number of halogens is 1. The predicted octanol–water partition coefficient (Wildman–Crippen LogP) is 4.61. The second-order valence-electron chi connectivity index (χ2n) is 9.64. The molecular formula is C27H44ClN3O4. The lowest BCUT2D eigenvalue weighted by atomic mass is 9.82. The summed E-state index contributed by atoms with van der Waals surface area (Å²) in [6.45, 7) is 2.80. The fourth-order valence-electron chi connectivity index (χ4n) is 4.64. The van der Waals surface area contributed by atoms with Gasteiger partial charge in [0.15, 0.2) is 0 Å². The van der Waals surface area contributed by atoms with Gasteiger partial charge >= 0.3 is 5.97 Å². The van der Waals surface area contributed by atoms with E-state index in [1.165, 1.54) is 5.56 Å². The van der Waals surface area contributed by atoms with Crippen molar-refractivity contribution in [3.8, 4) is 0 Å². The number of rotatable bonds is 15. The molecule has 1 saturated carbocycles. The van der Waals surface area contributed by atoms with Gasteiger partial charge in [-0.3, -0.25) is 9.59 Å². The summed E-state index contributed by atoms with van der Waals surface area (Å²) in [6.07, 6.45) is 11.2. The van der Waals surface area contributed by atoms with Gasteiger partial charge in [0.05, 0.1) is 0 Å². The third kappa shape index (κ3) is 11.9. The molecule has 1 aliphatic rings. The summed E-state index contributed by atoms with van der Waals surface area (Å²) in [7, 11) is 0. The van der Waals surface area contributed by atoms with E-state index in [0.29, 0.717) is 18.4 Å². The van der Waals surface area contributed by atoms with Gasteiger partial charge in [-0.15, -0.1) is 12.4 Å². The number of carbonyl (C=O) groups is 3. The topological polar surface area (TPSA) is 122 Å². The van der Waals surface area contributed by atoms with E-state index in [9.17, 15) is 19.5 Å². The first kappa shape index (κ1) is 30.9. The van der Waals surface area contributed by atoms with Crippen LogP contribution < -0.4 is 16.4 Å². The SMILES string of the molecule is CCCCCC(=O)NC(C[C@H]1CC[C@H](NC(=O)c2ccc(CCCCCN)cc2)CC1)C(=O)O.Cl. The van der Waals surface area contributed by atoms with Gasteiger partial charge in [-0.25, -0.2) is 4.79 Å². The summed E-state index contributed by atoms with van der Waals surface area (Å²) in [4.78, 5) is 36.3. The first-order chi connectivity index (χ1) is 16.4. The Balaban J connectivity index is 0.00000612. The maximum Gasteiger partial charge on any atom is 0.326 e. The predicted molar refractivity (Wildman–Crippen MR) is 142 cm³/mol. The zero-order valence-electron chi connectivity index (χ0n) is 21.1. The molecule has 1 aromatic carbocycles. The van der Waals surface area contributed by atoms with Crippen LogP contribution in [0, 0.1) is 5.92 Å². The van der Waals surface area contributed by atoms with Gasteiger partial charge in [-0.2, -0.15) is 0 Å². The second-order valence-corrected chi connectivity index (χ2v) is 9.64. The van der Waals surface area contributed by atoms with E-state index < -0.39 is 12.0 Å². The Morgan fingerprint density at radius 1 is 1.00 bits per heavy atom.